The van der Waals surface area contributed by atoms with Gasteiger partial charge in [-0.1, -0.05) is 12.1 Å². The lowest BCUT2D eigenvalue weighted by Crippen LogP contribution is -2.05. The van der Waals surface area contributed by atoms with Crippen LogP contribution in [0.3, 0.4) is 0 Å². The molecular formula is C22H14BrNO6. The third kappa shape index (κ3) is 4.18. The van der Waals surface area contributed by atoms with Crippen molar-refractivity contribution >= 4 is 32.6 Å². The van der Waals surface area contributed by atoms with E-state index >= 15 is 0 Å². The van der Waals surface area contributed by atoms with Crippen LogP contribution in [0.25, 0.3) is 11.0 Å². The summed E-state index contributed by atoms with van der Waals surface area (Å²) in [6.45, 7) is 0.219. The number of nitro groups is 1. The van der Waals surface area contributed by atoms with Crippen LogP contribution in [-0.4, -0.2) is 4.92 Å². The first-order chi connectivity index (χ1) is 14.5. The molecular weight excluding hydrogens is 454 g/mol. The van der Waals surface area contributed by atoms with Crippen molar-refractivity contribution in [1.29, 1.82) is 0 Å². The number of nitrogens with zero attached hydrogens (tertiary/aromatic N) is 1. The zero-order valence-electron chi connectivity index (χ0n) is 15.4. The Balaban J connectivity index is 1.52. The molecule has 0 fully saturated rings. The second-order valence-electron chi connectivity index (χ2n) is 6.33. The van der Waals surface area contributed by atoms with Crippen molar-refractivity contribution in [3.63, 3.8) is 0 Å². The van der Waals surface area contributed by atoms with Gasteiger partial charge in [0, 0.05) is 18.2 Å². The second-order valence-corrected chi connectivity index (χ2v) is 7.19. The minimum Gasteiger partial charge on any atom is -0.489 e. The molecule has 8 heteroatoms. The first kappa shape index (κ1) is 19.7. The number of non-ortho nitro benzene ring substituents is 1. The molecule has 1 aromatic heterocycles. The molecule has 4 aromatic rings. The molecule has 0 saturated heterocycles. The summed E-state index contributed by atoms with van der Waals surface area (Å²) in [5.74, 6) is 1.09. The number of benzene rings is 3. The Kier molecular flexibility index (Phi) is 5.49. The molecule has 3 aromatic carbocycles. The molecule has 4 rings (SSSR count). The third-order valence-electron chi connectivity index (χ3n) is 4.32. The number of nitro benzene ring substituents is 1. The van der Waals surface area contributed by atoms with Crippen LogP contribution in [0.15, 0.2) is 86.7 Å². The maximum Gasteiger partial charge on any atom is 0.269 e. The highest BCUT2D eigenvalue weighted by Crippen LogP contribution is 2.29. The predicted molar refractivity (Wildman–Crippen MR) is 114 cm³/mol. The van der Waals surface area contributed by atoms with Crippen LogP contribution in [0.5, 0.6) is 17.2 Å². The van der Waals surface area contributed by atoms with E-state index in [0.717, 1.165) is 10.0 Å². The molecule has 0 amide bonds. The number of hydrogen-bond donors (Lipinski definition) is 0. The molecule has 0 bridgehead atoms. The second kappa shape index (κ2) is 8.38. The quantitative estimate of drug-likeness (QED) is 0.261. The summed E-state index contributed by atoms with van der Waals surface area (Å²) < 4.78 is 17.7. The average molecular weight is 468 g/mol. The maximum absolute atomic E-state index is 12.7. The summed E-state index contributed by atoms with van der Waals surface area (Å²) in [4.78, 5) is 23.0. The highest BCUT2D eigenvalue weighted by Gasteiger charge is 2.12. The van der Waals surface area contributed by atoms with Gasteiger partial charge in [0.2, 0.25) is 11.2 Å². The summed E-state index contributed by atoms with van der Waals surface area (Å²) >= 11 is 3.38. The normalized spacial score (nSPS) is 10.7. The van der Waals surface area contributed by atoms with E-state index in [4.69, 9.17) is 13.9 Å². The van der Waals surface area contributed by atoms with Crippen LogP contribution in [0.1, 0.15) is 5.56 Å². The van der Waals surface area contributed by atoms with Crippen LogP contribution in [0.2, 0.25) is 0 Å². The number of halogens is 1. The number of hydrogen-bond acceptors (Lipinski definition) is 6. The smallest absolute Gasteiger partial charge is 0.269 e. The molecule has 0 radical (unpaired) electrons. The van der Waals surface area contributed by atoms with E-state index in [1.54, 1.807) is 42.5 Å². The average Bonchev–Trinajstić information content (AvgIpc) is 2.76. The standard InChI is InChI=1S/C22H14BrNO6/c23-18-3-1-2-4-19(18)30-21-13-29-20-11-16(9-10-17(20)22(21)25)28-12-14-5-7-15(8-6-14)24(26)27/h1-11,13H,12H2. The van der Waals surface area contributed by atoms with E-state index in [1.165, 1.54) is 18.4 Å². The van der Waals surface area contributed by atoms with Gasteiger partial charge in [-0.3, -0.25) is 14.9 Å². The Hall–Kier alpha value is -3.65. The van der Waals surface area contributed by atoms with Crippen LogP contribution in [0.4, 0.5) is 5.69 Å². The van der Waals surface area contributed by atoms with E-state index in [0.29, 0.717) is 22.5 Å². The zero-order valence-corrected chi connectivity index (χ0v) is 17.0. The molecule has 30 heavy (non-hydrogen) atoms. The lowest BCUT2D eigenvalue weighted by molar-refractivity contribution is -0.384. The Labute approximate surface area is 178 Å². The molecule has 1 heterocycles. The van der Waals surface area contributed by atoms with Gasteiger partial charge in [0.25, 0.3) is 5.69 Å². The fraction of sp³-hybridized carbons (Fsp3) is 0.0455. The molecule has 0 aliphatic carbocycles. The van der Waals surface area contributed by atoms with E-state index in [1.807, 2.05) is 12.1 Å². The highest BCUT2D eigenvalue weighted by molar-refractivity contribution is 9.10. The van der Waals surface area contributed by atoms with E-state index in [9.17, 15) is 14.9 Å². The van der Waals surface area contributed by atoms with Gasteiger partial charge < -0.3 is 13.9 Å². The van der Waals surface area contributed by atoms with Gasteiger partial charge in [-0.15, -0.1) is 0 Å². The number of para-hydroxylation sites is 1. The summed E-state index contributed by atoms with van der Waals surface area (Å²) in [5, 5.41) is 11.1. The lowest BCUT2D eigenvalue weighted by Gasteiger charge is -2.09. The van der Waals surface area contributed by atoms with Crippen molar-refractivity contribution < 1.29 is 18.8 Å². The van der Waals surface area contributed by atoms with Crippen molar-refractivity contribution in [3.05, 3.63) is 103 Å². The fourth-order valence-electron chi connectivity index (χ4n) is 2.78. The zero-order chi connectivity index (χ0) is 21.1. The minimum atomic E-state index is -0.454. The SMILES string of the molecule is O=c1c(Oc2ccccc2Br)coc2cc(OCc3ccc([N+](=O)[O-])cc3)ccc12. The van der Waals surface area contributed by atoms with E-state index < -0.39 is 4.92 Å². The van der Waals surface area contributed by atoms with Gasteiger partial charge in [0.15, 0.2) is 0 Å². The molecule has 0 N–H and O–H groups in total. The Bertz CT molecular complexity index is 1280. The number of fused-ring (bicyclic) bond motifs is 1. The van der Waals surface area contributed by atoms with Crippen LogP contribution in [-0.2, 0) is 6.61 Å². The summed E-state index contributed by atoms with van der Waals surface area (Å²) in [6, 6.07) is 18.2. The Morgan fingerprint density at radius 2 is 1.77 bits per heavy atom. The number of ether oxygens (including phenoxy) is 2. The van der Waals surface area contributed by atoms with Gasteiger partial charge in [-0.25, -0.2) is 0 Å². The molecule has 0 spiro atoms. The fourth-order valence-corrected chi connectivity index (χ4v) is 3.14. The largest absolute Gasteiger partial charge is 0.489 e. The van der Waals surface area contributed by atoms with E-state index in [2.05, 4.69) is 15.9 Å². The van der Waals surface area contributed by atoms with Crippen molar-refractivity contribution in [2.45, 2.75) is 6.61 Å². The molecule has 0 unspecified atom stereocenters. The maximum atomic E-state index is 12.7. The summed E-state index contributed by atoms with van der Waals surface area (Å²) in [6.07, 6.45) is 1.27. The Morgan fingerprint density at radius 3 is 2.50 bits per heavy atom. The van der Waals surface area contributed by atoms with Crippen LogP contribution in [0, 0.1) is 10.1 Å². The van der Waals surface area contributed by atoms with E-state index in [-0.39, 0.29) is 23.5 Å². The molecule has 0 aliphatic heterocycles. The van der Waals surface area contributed by atoms with Crippen molar-refractivity contribution in [2.75, 3.05) is 0 Å². The van der Waals surface area contributed by atoms with Gasteiger partial charge in [-0.05, 0) is 57.9 Å². The van der Waals surface area contributed by atoms with Crippen LogP contribution < -0.4 is 14.9 Å². The van der Waals surface area contributed by atoms with Gasteiger partial charge in [-0.2, -0.15) is 0 Å². The Morgan fingerprint density at radius 1 is 1.00 bits per heavy atom. The first-order valence-electron chi connectivity index (χ1n) is 8.85. The monoisotopic (exact) mass is 467 g/mol. The van der Waals surface area contributed by atoms with Gasteiger partial charge in [0.1, 0.15) is 30.0 Å². The predicted octanol–water partition coefficient (Wildman–Crippen LogP) is 5.84. The van der Waals surface area contributed by atoms with Crippen molar-refractivity contribution in [1.82, 2.24) is 0 Å². The first-order valence-corrected chi connectivity index (χ1v) is 9.64. The molecule has 0 atom stereocenters. The molecule has 0 saturated carbocycles. The van der Waals surface area contributed by atoms with Crippen molar-refractivity contribution in [2.24, 2.45) is 0 Å². The third-order valence-corrected chi connectivity index (χ3v) is 4.98. The lowest BCUT2D eigenvalue weighted by atomic mass is 10.2. The van der Waals surface area contributed by atoms with Crippen molar-refractivity contribution in [3.8, 4) is 17.2 Å². The van der Waals surface area contributed by atoms with Crippen LogP contribution >= 0.6 is 15.9 Å². The molecule has 7 nitrogen and oxygen atoms in total. The molecule has 0 aliphatic rings. The van der Waals surface area contributed by atoms with Gasteiger partial charge in [0.05, 0.1) is 14.8 Å². The minimum absolute atomic E-state index is 0.0202. The number of rotatable bonds is 6. The molecule has 150 valence electrons. The summed E-state index contributed by atoms with van der Waals surface area (Å²) in [7, 11) is 0. The summed E-state index contributed by atoms with van der Waals surface area (Å²) in [5.41, 5.74) is 0.862. The van der Waals surface area contributed by atoms with Gasteiger partial charge >= 0.3 is 0 Å². The topological polar surface area (TPSA) is 91.8 Å². The highest BCUT2D eigenvalue weighted by atomic mass is 79.9.